The van der Waals surface area contributed by atoms with Gasteiger partial charge < -0.3 is 25.8 Å². The second-order valence-electron chi connectivity index (χ2n) is 9.06. The number of unbranched alkanes of at least 4 members (excludes halogenated alkanes) is 2. The number of hydrogen-bond acceptors (Lipinski definition) is 7. The average molecular weight is 519 g/mol. The summed E-state index contributed by atoms with van der Waals surface area (Å²) in [6, 6.07) is 5.56. The monoisotopic (exact) mass is 518 g/mol. The molecule has 4 N–H and O–H groups in total. The predicted octanol–water partition coefficient (Wildman–Crippen LogP) is 1.79. The van der Waals surface area contributed by atoms with Gasteiger partial charge in [-0.15, -0.1) is 0 Å². The number of benzene rings is 1. The van der Waals surface area contributed by atoms with Crippen molar-refractivity contribution in [2.75, 3.05) is 18.4 Å². The van der Waals surface area contributed by atoms with E-state index in [1.165, 1.54) is 4.90 Å². The topological polar surface area (TPSA) is 171 Å². The average Bonchev–Trinajstić information content (AvgIpc) is 3.17. The van der Waals surface area contributed by atoms with E-state index in [1.54, 1.807) is 38.1 Å². The molecule has 5 amide bonds. The highest BCUT2D eigenvalue weighted by Gasteiger charge is 2.28. The number of nitrogens with one attached hydrogen (secondary N) is 3. The summed E-state index contributed by atoms with van der Waals surface area (Å²) < 4.78 is 4.47. The van der Waals surface area contributed by atoms with E-state index >= 15 is 0 Å². The van der Waals surface area contributed by atoms with E-state index in [4.69, 9.17) is 5.11 Å². The van der Waals surface area contributed by atoms with Crippen LogP contribution in [0.2, 0.25) is 0 Å². The highest BCUT2D eigenvalue weighted by atomic mass is 16.7. The Morgan fingerprint density at radius 3 is 2.22 bits per heavy atom. The Balaban J connectivity index is 1.69. The predicted molar refractivity (Wildman–Crippen MR) is 132 cm³/mol. The van der Waals surface area contributed by atoms with Gasteiger partial charge in [0.15, 0.2) is 0 Å². The smallest absolute Gasteiger partial charge is 0.450 e. The van der Waals surface area contributed by atoms with Crippen molar-refractivity contribution in [1.29, 1.82) is 0 Å². The zero-order chi connectivity index (χ0) is 27.4. The molecule has 1 fully saturated rings. The van der Waals surface area contributed by atoms with Gasteiger partial charge in [-0.1, -0.05) is 32.4 Å². The minimum Gasteiger partial charge on any atom is -0.450 e. The van der Waals surface area contributed by atoms with Crippen LogP contribution in [0, 0.1) is 5.92 Å². The fourth-order valence-electron chi connectivity index (χ4n) is 3.70. The zero-order valence-corrected chi connectivity index (χ0v) is 21.1. The summed E-state index contributed by atoms with van der Waals surface area (Å²) >= 11 is 0. The number of ether oxygens (including phenoxy) is 1. The normalized spacial score (nSPS) is 13.9. The van der Waals surface area contributed by atoms with E-state index in [-0.39, 0.29) is 56.1 Å². The maximum absolute atomic E-state index is 12.6. The van der Waals surface area contributed by atoms with Gasteiger partial charge >= 0.3 is 6.16 Å². The van der Waals surface area contributed by atoms with Crippen molar-refractivity contribution in [3.8, 4) is 0 Å². The third kappa shape index (κ3) is 10.3. The third-order valence-corrected chi connectivity index (χ3v) is 5.73. The molecule has 12 nitrogen and oxygen atoms in total. The summed E-state index contributed by atoms with van der Waals surface area (Å²) in [6.07, 6.45) is 1.18. The SMILES string of the molecule is CC(C)C(NC(=O)CCCCCN1C(=O)CCC1=O)C(=O)NCC(=O)Nc1ccc(COC(=O)O)cc1. The molecule has 12 heteroatoms. The molecule has 0 aliphatic carbocycles. The van der Waals surface area contributed by atoms with Gasteiger partial charge in [0.1, 0.15) is 12.6 Å². The number of nitrogens with zero attached hydrogens (tertiary/aromatic N) is 1. The van der Waals surface area contributed by atoms with Crippen LogP contribution in [0.4, 0.5) is 10.5 Å². The summed E-state index contributed by atoms with van der Waals surface area (Å²) in [6.45, 7) is 3.52. The van der Waals surface area contributed by atoms with E-state index in [9.17, 15) is 28.8 Å². The molecule has 1 aromatic rings. The van der Waals surface area contributed by atoms with Gasteiger partial charge in [0.05, 0.1) is 6.54 Å². The van der Waals surface area contributed by atoms with Crippen molar-refractivity contribution in [1.82, 2.24) is 15.5 Å². The summed E-state index contributed by atoms with van der Waals surface area (Å²) in [5.74, 6) is -1.75. The van der Waals surface area contributed by atoms with E-state index < -0.39 is 24.0 Å². The number of carbonyl (C=O) groups is 6. The molecule has 1 aliphatic heterocycles. The molecule has 1 aromatic carbocycles. The Morgan fingerprint density at radius 2 is 1.62 bits per heavy atom. The molecular weight excluding hydrogens is 484 g/mol. The highest BCUT2D eigenvalue weighted by Crippen LogP contribution is 2.14. The van der Waals surface area contributed by atoms with E-state index in [0.717, 1.165) is 0 Å². The van der Waals surface area contributed by atoms with Gasteiger partial charge in [0.2, 0.25) is 29.5 Å². The third-order valence-electron chi connectivity index (χ3n) is 5.73. The van der Waals surface area contributed by atoms with Gasteiger partial charge in [-0.2, -0.15) is 0 Å². The standard InChI is InChI=1S/C25H34N4O8/c1-16(2)23(28-19(30)6-4-3-5-13-29-21(32)11-12-22(29)33)24(34)26-14-20(31)27-18-9-7-17(8-10-18)15-37-25(35)36/h7-10,16,23H,3-6,11-15H2,1-2H3,(H,26,34)(H,27,31)(H,28,30)(H,35,36). The first-order chi connectivity index (χ1) is 17.6. The lowest BCUT2D eigenvalue weighted by Crippen LogP contribution is -2.51. The van der Waals surface area contributed by atoms with Crippen LogP contribution >= 0.6 is 0 Å². The fourth-order valence-corrected chi connectivity index (χ4v) is 3.70. The van der Waals surface area contributed by atoms with Gasteiger partial charge in [0, 0.05) is 31.5 Å². The lowest BCUT2D eigenvalue weighted by molar-refractivity contribution is -0.138. The minimum atomic E-state index is -1.38. The quantitative estimate of drug-likeness (QED) is 0.164. The van der Waals surface area contributed by atoms with Crippen molar-refractivity contribution in [3.05, 3.63) is 29.8 Å². The number of hydrogen-bond donors (Lipinski definition) is 4. The van der Waals surface area contributed by atoms with E-state index in [0.29, 0.717) is 37.1 Å². The van der Waals surface area contributed by atoms with Crippen LogP contribution in [-0.4, -0.2) is 64.8 Å². The molecule has 2 rings (SSSR count). The number of anilines is 1. The van der Waals surface area contributed by atoms with Crippen molar-refractivity contribution in [2.24, 2.45) is 5.92 Å². The Hall–Kier alpha value is -3.96. The highest BCUT2D eigenvalue weighted by molar-refractivity contribution is 6.01. The molecule has 1 saturated heterocycles. The van der Waals surface area contributed by atoms with Crippen LogP contribution in [-0.2, 0) is 35.3 Å². The maximum Gasteiger partial charge on any atom is 0.506 e. The second kappa shape index (κ2) is 14.6. The molecule has 1 aliphatic rings. The van der Waals surface area contributed by atoms with Crippen LogP contribution in [0.1, 0.15) is 57.9 Å². The van der Waals surface area contributed by atoms with Crippen molar-refractivity contribution >= 4 is 41.4 Å². The van der Waals surface area contributed by atoms with Crippen molar-refractivity contribution in [3.63, 3.8) is 0 Å². The lowest BCUT2D eigenvalue weighted by atomic mass is 10.0. The molecule has 0 radical (unpaired) electrons. The van der Waals surface area contributed by atoms with Crippen LogP contribution in [0.25, 0.3) is 0 Å². The Kier molecular flexibility index (Phi) is 11.5. The maximum atomic E-state index is 12.6. The first-order valence-electron chi connectivity index (χ1n) is 12.2. The van der Waals surface area contributed by atoms with Crippen molar-refractivity contribution < 1.29 is 38.6 Å². The Morgan fingerprint density at radius 1 is 0.973 bits per heavy atom. The van der Waals surface area contributed by atoms with Gasteiger partial charge in [0.25, 0.3) is 0 Å². The first kappa shape index (κ1) is 29.3. The van der Waals surface area contributed by atoms with Gasteiger partial charge in [-0.25, -0.2) is 4.79 Å². The minimum absolute atomic E-state index is 0.109. The zero-order valence-electron chi connectivity index (χ0n) is 21.1. The number of carboxylic acid groups (broad SMARTS) is 1. The van der Waals surface area contributed by atoms with E-state index in [1.807, 2.05) is 0 Å². The molecule has 37 heavy (non-hydrogen) atoms. The van der Waals surface area contributed by atoms with Crippen LogP contribution < -0.4 is 16.0 Å². The molecule has 0 spiro atoms. The Bertz CT molecular complexity index is 977. The van der Waals surface area contributed by atoms with Crippen LogP contribution in [0.15, 0.2) is 24.3 Å². The summed E-state index contributed by atoms with van der Waals surface area (Å²) in [7, 11) is 0. The van der Waals surface area contributed by atoms with Gasteiger partial charge in [-0.05, 0) is 36.5 Å². The second-order valence-corrected chi connectivity index (χ2v) is 9.06. The largest absolute Gasteiger partial charge is 0.506 e. The molecule has 0 saturated carbocycles. The summed E-state index contributed by atoms with van der Waals surface area (Å²) in [5.41, 5.74) is 1.08. The molecular formula is C25H34N4O8. The van der Waals surface area contributed by atoms with Crippen LogP contribution in [0.5, 0.6) is 0 Å². The Labute approximate surface area is 215 Å². The first-order valence-corrected chi connectivity index (χ1v) is 12.2. The number of imide groups is 1. The lowest BCUT2D eigenvalue weighted by Gasteiger charge is -2.21. The summed E-state index contributed by atoms with van der Waals surface area (Å²) in [4.78, 5) is 72.1. The number of rotatable bonds is 14. The van der Waals surface area contributed by atoms with Crippen LogP contribution in [0.3, 0.4) is 0 Å². The molecule has 0 bridgehead atoms. The molecule has 0 aromatic heterocycles. The number of likely N-dealkylation sites (tertiary alicyclic amines) is 1. The summed E-state index contributed by atoms with van der Waals surface area (Å²) in [5, 5.41) is 16.4. The molecule has 1 atom stereocenters. The molecule has 1 heterocycles. The van der Waals surface area contributed by atoms with Gasteiger partial charge in [-0.3, -0.25) is 28.9 Å². The number of amides is 5. The molecule has 202 valence electrons. The fraction of sp³-hybridized carbons (Fsp3) is 0.520. The number of carbonyl (C=O) groups excluding carboxylic acids is 5. The van der Waals surface area contributed by atoms with E-state index in [2.05, 4.69) is 20.7 Å². The van der Waals surface area contributed by atoms with Crippen molar-refractivity contribution in [2.45, 2.75) is 65.0 Å². The molecule has 1 unspecified atom stereocenters.